The first kappa shape index (κ1) is 21.3. The number of hydrogen-bond acceptors (Lipinski definition) is 5. The van der Waals surface area contributed by atoms with Gasteiger partial charge < -0.3 is 9.47 Å². The van der Waals surface area contributed by atoms with Crippen LogP contribution >= 0.6 is 15.9 Å². The number of hydrogen-bond donors (Lipinski definition) is 1. The second-order valence-electron chi connectivity index (χ2n) is 6.16. The number of nitrogens with one attached hydrogen (secondary N) is 1. The van der Waals surface area contributed by atoms with E-state index in [2.05, 4.69) is 27.8 Å². The van der Waals surface area contributed by atoms with E-state index in [-0.39, 0.29) is 12.2 Å². The number of halogens is 1. The summed E-state index contributed by atoms with van der Waals surface area (Å²) >= 11 is 3.43. The minimum absolute atomic E-state index is 0.174. The number of nitrogens with zero attached hydrogens (tertiary/aromatic N) is 1. The van der Waals surface area contributed by atoms with Gasteiger partial charge in [-0.1, -0.05) is 30.9 Å². The van der Waals surface area contributed by atoms with Gasteiger partial charge in [-0.3, -0.25) is 14.9 Å². The Labute approximate surface area is 182 Å². The maximum Gasteiger partial charge on any atom is 0.335 e. The van der Waals surface area contributed by atoms with E-state index in [0.29, 0.717) is 33.8 Å². The van der Waals surface area contributed by atoms with E-state index < -0.39 is 17.8 Å². The van der Waals surface area contributed by atoms with Crippen LogP contribution in [0.15, 0.2) is 65.2 Å². The zero-order valence-corrected chi connectivity index (χ0v) is 17.8. The van der Waals surface area contributed by atoms with E-state index in [0.717, 1.165) is 4.90 Å². The SMILES string of the molecule is C=CCOc1c(Br)cc(/C=C2\C(=O)NC(=O)N(c3ccccc3)C2=O)cc1OCC. The Balaban J connectivity index is 2.02. The minimum atomic E-state index is -0.794. The molecule has 0 radical (unpaired) electrons. The van der Waals surface area contributed by atoms with Gasteiger partial charge >= 0.3 is 6.03 Å². The minimum Gasteiger partial charge on any atom is -0.490 e. The van der Waals surface area contributed by atoms with Crippen LogP contribution < -0.4 is 19.7 Å². The van der Waals surface area contributed by atoms with Crippen molar-refractivity contribution in [3.8, 4) is 11.5 Å². The Hall–Kier alpha value is -3.39. The second kappa shape index (κ2) is 9.41. The Kier molecular flexibility index (Phi) is 6.68. The molecule has 0 bridgehead atoms. The molecule has 0 unspecified atom stereocenters. The van der Waals surface area contributed by atoms with Crippen molar-refractivity contribution in [1.29, 1.82) is 0 Å². The van der Waals surface area contributed by atoms with Crippen molar-refractivity contribution in [2.75, 3.05) is 18.1 Å². The van der Waals surface area contributed by atoms with Crippen LogP contribution in [0.4, 0.5) is 10.5 Å². The molecule has 3 rings (SSSR count). The fourth-order valence-corrected chi connectivity index (χ4v) is 3.43. The Morgan fingerprint density at radius 3 is 2.53 bits per heavy atom. The smallest absolute Gasteiger partial charge is 0.335 e. The van der Waals surface area contributed by atoms with Crippen LogP contribution in [0.25, 0.3) is 6.08 Å². The molecule has 1 aliphatic heterocycles. The summed E-state index contributed by atoms with van der Waals surface area (Å²) in [5, 5.41) is 2.20. The van der Waals surface area contributed by atoms with E-state index >= 15 is 0 Å². The van der Waals surface area contributed by atoms with Gasteiger partial charge in [-0.25, -0.2) is 9.69 Å². The summed E-state index contributed by atoms with van der Waals surface area (Å²) in [6, 6.07) is 10.9. The van der Waals surface area contributed by atoms with E-state index in [9.17, 15) is 14.4 Å². The summed E-state index contributed by atoms with van der Waals surface area (Å²) in [4.78, 5) is 38.5. The Bertz CT molecular complexity index is 1030. The summed E-state index contributed by atoms with van der Waals surface area (Å²) in [5.41, 5.74) is 0.715. The molecule has 0 atom stereocenters. The van der Waals surface area contributed by atoms with Crippen molar-refractivity contribution < 1.29 is 23.9 Å². The highest BCUT2D eigenvalue weighted by Gasteiger charge is 2.36. The topological polar surface area (TPSA) is 84.9 Å². The van der Waals surface area contributed by atoms with Crippen molar-refractivity contribution in [2.45, 2.75) is 6.92 Å². The lowest BCUT2D eigenvalue weighted by atomic mass is 10.1. The van der Waals surface area contributed by atoms with Crippen LogP contribution in [0, 0.1) is 0 Å². The Morgan fingerprint density at radius 1 is 1.13 bits per heavy atom. The monoisotopic (exact) mass is 470 g/mol. The van der Waals surface area contributed by atoms with Gasteiger partial charge in [0.1, 0.15) is 12.2 Å². The molecule has 0 saturated carbocycles. The number of carbonyl (C=O) groups excluding carboxylic acids is 3. The van der Waals surface area contributed by atoms with Gasteiger partial charge in [0, 0.05) is 0 Å². The summed E-state index contributed by atoms with van der Waals surface area (Å²) in [6.45, 7) is 6.14. The predicted octanol–water partition coefficient (Wildman–Crippen LogP) is 4.08. The molecule has 1 saturated heterocycles. The third-order valence-corrected chi connectivity index (χ3v) is 4.69. The fourth-order valence-electron chi connectivity index (χ4n) is 2.85. The number of urea groups is 1. The number of barbiturate groups is 1. The molecule has 1 N–H and O–H groups in total. The molecule has 30 heavy (non-hydrogen) atoms. The van der Waals surface area contributed by atoms with Gasteiger partial charge in [0.25, 0.3) is 11.8 Å². The van der Waals surface area contributed by atoms with Gasteiger partial charge in [-0.15, -0.1) is 0 Å². The highest BCUT2D eigenvalue weighted by atomic mass is 79.9. The van der Waals surface area contributed by atoms with Crippen molar-refractivity contribution in [3.63, 3.8) is 0 Å². The number of imide groups is 2. The van der Waals surface area contributed by atoms with Crippen LogP contribution in [0.3, 0.4) is 0 Å². The number of carbonyl (C=O) groups is 3. The second-order valence-corrected chi connectivity index (χ2v) is 7.01. The van der Waals surface area contributed by atoms with E-state index in [1.807, 2.05) is 6.92 Å². The van der Waals surface area contributed by atoms with E-state index in [4.69, 9.17) is 9.47 Å². The zero-order valence-electron chi connectivity index (χ0n) is 16.2. The summed E-state index contributed by atoms with van der Waals surface area (Å²) < 4.78 is 11.9. The lowest BCUT2D eigenvalue weighted by Gasteiger charge is -2.26. The van der Waals surface area contributed by atoms with Gasteiger partial charge in [-0.05, 0) is 58.8 Å². The predicted molar refractivity (Wildman–Crippen MR) is 116 cm³/mol. The molecule has 2 aromatic rings. The van der Waals surface area contributed by atoms with E-state index in [1.165, 1.54) is 6.08 Å². The molecular formula is C22H19BrN2O5. The summed E-state index contributed by atoms with van der Waals surface area (Å²) in [6.07, 6.45) is 3.02. The number of anilines is 1. The molecule has 8 heteroatoms. The normalized spacial score (nSPS) is 15.2. The largest absolute Gasteiger partial charge is 0.490 e. The molecule has 2 aromatic carbocycles. The summed E-state index contributed by atoms with van der Waals surface area (Å²) in [7, 11) is 0. The molecule has 0 aliphatic carbocycles. The first-order valence-corrected chi connectivity index (χ1v) is 9.92. The fraction of sp³-hybridized carbons (Fsp3) is 0.136. The number of benzene rings is 2. The average molecular weight is 471 g/mol. The third-order valence-electron chi connectivity index (χ3n) is 4.10. The number of amides is 4. The highest BCUT2D eigenvalue weighted by Crippen LogP contribution is 2.37. The molecule has 0 aromatic heterocycles. The van der Waals surface area contributed by atoms with Crippen LogP contribution in [-0.4, -0.2) is 31.1 Å². The molecule has 4 amide bonds. The van der Waals surface area contributed by atoms with Crippen molar-refractivity contribution in [2.24, 2.45) is 0 Å². The van der Waals surface area contributed by atoms with Gasteiger partial charge in [0.2, 0.25) is 0 Å². The quantitative estimate of drug-likeness (QED) is 0.374. The number of para-hydroxylation sites is 1. The number of rotatable bonds is 7. The van der Waals surface area contributed by atoms with Crippen LogP contribution in [-0.2, 0) is 9.59 Å². The first-order chi connectivity index (χ1) is 14.5. The molecule has 0 spiro atoms. The van der Waals surface area contributed by atoms with Crippen LogP contribution in [0.5, 0.6) is 11.5 Å². The van der Waals surface area contributed by atoms with Gasteiger partial charge in [-0.2, -0.15) is 0 Å². The van der Waals surface area contributed by atoms with Crippen LogP contribution in [0.2, 0.25) is 0 Å². The average Bonchev–Trinajstić information content (AvgIpc) is 2.71. The third kappa shape index (κ3) is 4.44. The summed E-state index contributed by atoms with van der Waals surface area (Å²) in [5.74, 6) is -0.547. The Morgan fingerprint density at radius 2 is 1.87 bits per heavy atom. The van der Waals surface area contributed by atoms with Crippen molar-refractivity contribution in [3.05, 3.63) is 70.7 Å². The standard InChI is InChI=1S/C22H19BrN2O5/c1-3-10-30-19-17(23)12-14(13-18(19)29-4-2)11-16-20(26)24-22(28)25(21(16)27)15-8-6-5-7-9-15/h3,5-9,11-13H,1,4,10H2,2H3,(H,24,26,28)/b16-11+. The molecular weight excluding hydrogens is 452 g/mol. The van der Waals surface area contributed by atoms with E-state index in [1.54, 1.807) is 48.5 Å². The van der Waals surface area contributed by atoms with Gasteiger partial charge in [0.15, 0.2) is 11.5 Å². The molecule has 154 valence electrons. The maximum atomic E-state index is 13.0. The molecule has 1 heterocycles. The molecule has 1 fully saturated rings. The highest BCUT2D eigenvalue weighted by molar-refractivity contribution is 9.10. The van der Waals surface area contributed by atoms with Crippen molar-refractivity contribution >= 4 is 45.5 Å². The first-order valence-electron chi connectivity index (χ1n) is 9.12. The maximum absolute atomic E-state index is 13.0. The van der Waals surface area contributed by atoms with Crippen LogP contribution in [0.1, 0.15) is 12.5 Å². The molecule has 7 nitrogen and oxygen atoms in total. The molecule has 1 aliphatic rings. The van der Waals surface area contributed by atoms with Gasteiger partial charge in [0.05, 0.1) is 16.8 Å². The van der Waals surface area contributed by atoms with Crippen molar-refractivity contribution in [1.82, 2.24) is 5.32 Å². The lowest BCUT2D eigenvalue weighted by Crippen LogP contribution is -2.54. The lowest BCUT2D eigenvalue weighted by molar-refractivity contribution is -0.122. The number of ether oxygens (including phenoxy) is 2. The zero-order chi connectivity index (χ0) is 21.7.